The zero-order valence-corrected chi connectivity index (χ0v) is 13.0. The molecule has 0 spiro atoms. The van der Waals surface area contributed by atoms with E-state index in [0.717, 1.165) is 11.3 Å². The quantitative estimate of drug-likeness (QED) is 0.853. The van der Waals surface area contributed by atoms with Gasteiger partial charge in [-0.3, -0.25) is 4.79 Å². The van der Waals surface area contributed by atoms with E-state index < -0.39 is 0 Å². The van der Waals surface area contributed by atoms with Gasteiger partial charge in [0.05, 0.1) is 16.3 Å². The van der Waals surface area contributed by atoms with E-state index in [4.69, 9.17) is 17.3 Å². The van der Waals surface area contributed by atoms with Crippen LogP contribution in [0.2, 0.25) is 5.02 Å². The zero-order chi connectivity index (χ0) is 15.6. The lowest BCUT2D eigenvalue weighted by Gasteiger charge is -2.17. The molecule has 3 N–H and O–H groups in total. The first-order valence-corrected chi connectivity index (χ1v) is 6.91. The highest BCUT2D eigenvalue weighted by Crippen LogP contribution is 2.25. The molecule has 21 heavy (non-hydrogen) atoms. The highest BCUT2D eigenvalue weighted by Gasteiger charge is 2.12. The first-order valence-electron chi connectivity index (χ1n) is 6.53. The second-order valence-electron chi connectivity index (χ2n) is 5.05. The fourth-order valence-corrected chi connectivity index (χ4v) is 2.28. The summed E-state index contributed by atoms with van der Waals surface area (Å²) < 4.78 is 0. The first kappa shape index (κ1) is 15.2. The normalized spacial score (nSPS) is 10.3. The standard InChI is InChI=1S/C16H18ClN3O/c1-10-7-8-11(9-14(10)20(2)3)19-16(21)12-5-4-6-13(17)15(12)18/h4-9H,18H2,1-3H3,(H,19,21). The van der Waals surface area contributed by atoms with E-state index in [0.29, 0.717) is 16.3 Å². The molecular weight excluding hydrogens is 286 g/mol. The number of para-hydroxylation sites is 1. The van der Waals surface area contributed by atoms with Gasteiger partial charge in [-0.05, 0) is 36.8 Å². The molecule has 0 saturated carbocycles. The van der Waals surface area contributed by atoms with Crippen molar-refractivity contribution in [1.82, 2.24) is 0 Å². The fourth-order valence-electron chi connectivity index (χ4n) is 2.10. The molecule has 5 heteroatoms. The lowest BCUT2D eigenvalue weighted by atomic mass is 10.1. The lowest BCUT2D eigenvalue weighted by Crippen LogP contribution is -2.15. The van der Waals surface area contributed by atoms with E-state index in [1.54, 1.807) is 18.2 Å². The minimum absolute atomic E-state index is 0.274. The molecule has 0 heterocycles. The third-order valence-corrected chi connectivity index (χ3v) is 3.58. The smallest absolute Gasteiger partial charge is 0.257 e. The Hall–Kier alpha value is -2.20. The summed E-state index contributed by atoms with van der Waals surface area (Å²) in [6, 6.07) is 10.8. The van der Waals surface area contributed by atoms with Gasteiger partial charge in [-0.2, -0.15) is 0 Å². The van der Waals surface area contributed by atoms with Crippen molar-refractivity contribution in [2.24, 2.45) is 0 Å². The number of amides is 1. The minimum Gasteiger partial charge on any atom is -0.397 e. The third kappa shape index (κ3) is 3.28. The van der Waals surface area contributed by atoms with Crippen LogP contribution in [0, 0.1) is 6.92 Å². The third-order valence-electron chi connectivity index (χ3n) is 3.25. The van der Waals surface area contributed by atoms with Gasteiger partial charge >= 0.3 is 0 Å². The van der Waals surface area contributed by atoms with E-state index in [1.165, 1.54) is 0 Å². The van der Waals surface area contributed by atoms with Crippen molar-refractivity contribution in [3.8, 4) is 0 Å². The summed E-state index contributed by atoms with van der Waals surface area (Å²) in [4.78, 5) is 14.3. The molecule has 0 saturated heterocycles. The SMILES string of the molecule is Cc1ccc(NC(=O)c2cccc(Cl)c2N)cc1N(C)C. The number of nitrogens with two attached hydrogens (primary N) is 1. The highest BCUT2D eigenvalue weighted by atomic mass is 35.5. The second kappa shape index (κ2) is 6.06. The van der Waals surface area contributed by atoms with Crippen LogP contribution >= 0.6 is 11.6 Å². The molecule has 0 unspecified atom stereocenters. The largest absolute Gasteiger partial charge is 0.397 e. The Kier molecular flexibility index (Phi) is 4.38. The molecule has 4 nitrogen and oxygen atoms in total. The number of nitrogens with zero attached hydrogens (tertiary/aromatic N) is 1. The molecule has 1 amide bonds. The molecule has 2 aromatic rings. The van der Waals surface area contributed by atoms with Crippen molar-refractivity contribution < 1.29 is 4.79 Å². The van der Waals surface area contributed by atoms with Gasteiger partial charge in [0.1, 0.15) is 0 Å². The monoisotopic (exact) mass is 303 g/mol. The van der Waals surface area contributed by atoms with Crippen LogP contribution < -0.4 is 16.0 Å². The van der Waals surface area contributed by atoms with E-state index in [9.17, 15) is 4.79 Å². The number of halogens is 1. The van der Waals surface area contributed by atoms with Crippen LogP contribution in [0.25, 0.3) is 0 Å². The average Bonchev–Trinajstić information content (AvgIpc) is 2.43. The number of nitrogen functional groups attached to an aromatic ring is 1. The van der Waals surface area contributed by atoms with Crippen molar-refractivity contribution >= 4 is 34.6 Å². The number of carbonyl (C=O) groups excluding carboxylic acids is 1. The topological polar surface area (TPSA) is 58.4 Å². The predicted octanol–water partition coefficient (Wildman–Crippen LogP) is 3.55. The number of hydrogen-bond acceptors (Lipinski definition) is 3. The maximum Gasteiger partial charge on any atom is 0.257 e. The summed E-state index contributed by atoms with van der Waals surface area (Å²) in [5.74, 6) is -0.274. The number of benzene rings is 2. The van der Waals surface area contributed by atoms with E-state index >= 15 is 0 Å². The zero-order valence-electron chi connectivity index (χ0n) is 12.3. The number of nitrogens with one attached hydrogen (secondary N) is 1. The summed E-state index contributed by atoms with van der Waals surface area (Å²) >= 11 is 5.94. The van der Waals surface area contributed by atoms with Crippen molar-refractivity contribution in [2.45, 2.75) is 6.92 Å². The van der Waals surface area contributed by atoms with Crippen LogP contribution in [-0.2, 0) is 0 Å². The van der Waals surface area contributed by atoms with Gasteiger partial charge < -0.3 is 16.0 Å². The summed E-state index contributed by atoms with van der Waals surface area (Å²) in [6.45, 7) is 2.02. The Morgan fingerprint density at radius 2 is 1.95 bits per heavy atom. The molecule has 0 fully saturated rings. The van der Waals surface area contributed by atoms with Gasteiger partial charge in [-0.15, -0.1) is 0 Å². The maximum atomic E-state index is 12.3. The van der Waals surface area contributed by atoms with Gasteiger partial charge in [0, 0.05) is 25.5 Å². The summed E-state index contributed by atoms with van der Waals surface area (Å²) in [6.07, 6.45) is 0. The summed E-state index contributed by atoms with van der Waals surface area (Å²) in [5, 5.41) is 3.22. The number of rotatable bonds is 3. The molecule has 110 valence electrons. The van der Waals surface area contributed by atoms with Crippen molar-refractivity contribution in [3.63, 3.8) is 0 Å². The Balaban J connectivity index is 2.28. The number of carbonyl (C=O) groups is 1. The van der Waals surface area contributed by atoms with Crippen LogP contribution in [0.1, 0.15) is 15.9 Å². The van der Waals surface area contributed by atoms with Crippen molar-refractivity contribution in [1.29, 1.82) is 0 Å². The minimum atomic E-state index is -0.274. The number of hydrogen-bond donors (Lipinski definition) is 2. The van der Waals surface area contributed by atoms with Crippen LogP contribution in [0.4, 0.5) is 17.1 Å². The second-order valence-corrected chi connectivity index (χ2v) is 5.46. The Morgan fingerprint density at radius 3 is 2.62 bits per heavy atom. The van der Waals surface area contributed by atoms with Crippen molar-refractivity contribution in [3.05, 3.63) is 52.5 Å². The molecule has 0 aliphatic carbocycles. The van der Waals surface area contributed by atoms with Gasteiger partial charge in [0.15, 0.2) is 0 Å². The van der Waals surface area contributed by atoms with E-state index in [1.807, 2.05) is 44.1 Å². The van der Waals surface area contributed by atoms with E-state index in [-0.39, 0.29) is 11.6 Å². The number of anilines is 3. The van der Waals surface area contributed by atoms with Crippen molar-refractivity contribution in [2.75, 3.05) is 30.0 Å². The molecule has 0 aromatic heterocycles. The maximum absolute atomic E-state index is 12.3. The van der Waals surface area contributed by atoms with Crippen LogP contribution in [0.5, 0.6) is 0 Å². The Bertz CT molecular complexity index is 683. The molecule has 0 aliphatic heterocycles. The molecule has 0 aliphatic rings. The highest BCUT2D eigenvalue weighted by molar-refractivity contribution is 6.34. The van der Waals surface area contributed by atoms with Gasteiger partial charge in [0.25, 0.3) is 5.91 Å². The van der Waals surface area contributed by atoms with Crippen LogP contribution in [0.15, 0.2) is 36.4 Å². The predicted molar refractivity (Wildman–Crippen MR) is 89.3 cm³/mol. The summed E-state index contributed by atoms with van der Waals surface area (Å²) in [7, 11) is 3.92. The van der Waals surface area contributed by atoms with E-state index in [2.05, 4.69) is 5.32 Å². The van der Waals surface area contributed by atoms with Crippen LogP contribution in [-0.4, -0.2) is 20.0 Å². The average molecular weight is 304 g/mol. The van der Waals surface area contributed by atoms with Gasteiger partial charge in [-0.1, -0.05) is 23.7 Å². The molecular formula is C16H18ClN3O. The first-order chi connectivity index (χ1) is 9.90. The fraction of sp³-hybridized carbons (Fsp3) is 0.188. The summed E-state index contributed by atoms with van der Waals surface area (Å²) in [5.41, 5.74) is 9.40. The Labute approximate surface area is 129 Å². The molecule has 0 radical (unpaired) electrons. The van der Waals surface area contributed by atoms with Crippen LogP contribution in [0.3, 0.4) is 0 Å². The molecule has 2 aromatic carbocycles. The molecule has 2 rings (SSSR count). The Morgan fingerprint density at radius 1 is 1.24 bits per heavy atom. The van der Waals surface area contributed by atoms with Gasteiger partial charge in [-0.25, -0.2) is 0 Å². The lowest BCUT2D eigenvalue weighted by molar-refractivity contribution is 0.102. The molecule has 0 atom stereocenters. The molecule has 0 bridgehead atoms. The van der Waals surface area contributed by atoms with Gasteiger partial charge in [0.2, 0.25) is 0 Å². The number of aryl methyl sites for hydroxylation is 1.